The maximum atomic E-state index is 13.3. The van der Waals surface area contributed by atoms with Crippen molar-refractivity contribution >= 4 is 44.1 Å². The maximum absolute atomic E-state index is 13.3. The summed E-state index contributed by atoms with van der Waals surface area (Å²) < 4.78 is 30.5. The van der Waals surface area contributed by atoms with Crippen molar-refractivity contribution in [2.75, 3.05) is 18.4 Å². The molecular weight excluding hydrogens is 506 g/mol. The van der Waals surface area contributed by atoms with Crippen LogP contribution in [0.3, 0.4) is 0 Å². The van der Waals surface area contributed by atoms with Crippen LogP contribution in [0.25, 0.3) is 10.9 Å². The number of hydrogen-bond donors (Lipinski definition) is 1. The van der Waals surface area contributed by atoms with Gasteiger partial charge in [-0.15, -0.1) is 0 Å². The van der Waals surface area contributed by atoms with E-state index < -0.39 is 10.0 Å². The molecule has 0 spiro atoms. The summed E-state index contributed by atoms with van der Waals surface area (Å²) in [4.78, 5) is 11.5. The van der Waals surface area contributed by atoms with Gasteiger partial charge in [-0.25, -0.2) is 8.42 Å². The van der Waals surface area contributed by atoms with E-state index in [4.69, 9.17) is 11.6 Å². The Hall–Kier alpha value is -3.13. The first kappa shape index (κ1) is 25.5. The molecule has 8 heteroatoms. The number of anilines is 1. The van der Waals surface area contributed by atoms with Crippen LogP contribution in [0.4, 0.5) is 5.69 Å². The normalized spacial score (nSPS) is 15.2. The van der Waals surface area contributed by atoms with Crippen LogP contribution in [0.15, 0.2) is 77.7 Å². The van der Waals surface area contributed by atoms with E-state index in [0.29, 0.717) is 18.8 Å². The quantitative estimate of drug-likeness (QED) is 0.320. The second-order valence-electron chi connectivity index (χ2n) is 9.61. The highest BCUT2D eigenvalue weighted by Crippen LogP contribution is 2.38. The Morgan fingerprint density at radius 2 is 1.62 bits per heavy atom. The van der Waals surface area contributed by atoms with Crippen LogP contribution in [0, 0.1) is 6.92 Å². The molecule has 0 saturated carbocycles. The standard InChI is InChI=1S/C29H30ClN3O3S/c1-20-29(27-5-3-4-6-28(27)33(20)19-22-7-9-24(30)10-8-22)23-15-17-32(18-16-23)37(35,36)26-13-11-25(12-14-26)31-21(2)34/h3-14,23H,15-19H2,1-2H3,(H,31,34). The van der Waals surface area contributed by atoms with E-state index in [1.165, 1.54) is 34.6 Å². The highest BCUT2D eigenvalue weighted by molar-refractivity contribution is 7.89. The van der Waals surface area contributed by atoms with Crippen LogP contribution in [0.5, 0.6) is 0 Å². The zero-order valence-corrected chi connectivity index (χ0v) is 22.5. The zero-order valence-electron chi connectivity index (χ0n) is 20.9. The molecule has 1 aliphatic heterocycles. The number of benzene rings is 3. The molecule has 1 aliphatic rings. The molecule has 0 aliphatic carbocycles. The molecule has 0 unspecified atom stereocenters. The molecule has 0 atom stereocenters. The monoisotopic (exact) mass is 535 g/mol. The molecule has 1 aromatic heterocycles. The van der Waals surface area contributed by atoms with Crippen LogP contribution >= 0.6 is 11.6 Å². The predicted octanol–water partition coefficient (Wildman–Crippen LogP) is 6.18. The lowest BCUT2D eigenvalue weighted by molar-refractivity contribution is -0.114. The lowest BCUT2D eigenvalue weighted by atomic mass is 9.88. The summed E-state index contributed by atoms with van der Waals surface area (Å²) in [5.41, 5.74) is 5.51. The minimum atomic E-state index is -3.60. The van der Waals surface area contributed by atoms with Gasteiger partial charge in [-0.2, -0.15) is 4.31 Å². The predicted molar refractivity (Wildman–Crippen MR) is 149 cm³/mol. The smallest absolute Gasteiger partial charge is 0.243 e. The summed E-state index contributed by atoms with van der Waals surface area (Å²) in [5.74, 6) is 0.0902. The Morgan fingerprint density at radius 3 is 2.27 bits per heavy atom. The molecule has 5 rings (SSSR count). The highest BCUT2D eigenvalue weighted by atomic mass is 35.5. The summed E-state index contributed by atoms with van der Waals surface area (Å²) in [6.07, 6.45) is 1.53. The van der Waals surface area contributed by atoms with Crippen molar-refractivity contribution in [3.05, 3.63) is 94.6 Å². The number of para-hydroxylation sites is 1. The van der Waals surface area contributed by atoms with Gasteiger partial charge in [-0.3, -0.25) is 4.79 Å². The number of carbonyl (C=O) groups excluding carboxylic acids is 1. The van der Waals surface area contributed by atoms with Crippen LogP contribution in [0.2, 0.25) is 5.02 Å². The number of piperidine rings is 1. The van der Waals surface area contributed by atoms with Gasteiger partial charge in [0.1, 0.15) is 0 Å². The molecule has 2 heterocycles. The number of hydrogen-bond acceptors (Lipinski definition) is 3. The van der Waals surface area contributed by atoms with E-state index in [-0.39, 0.29) is 16.7 Å². The van der Waals surface area contributed by atoms with Gasteiger partial charge in [0.15, 0.2) is 0 Å². The van der Waals surface area contributed by atoms with E-state index in [0.717, 1.165) is 24.4 Å². The third-order valence-corrected chi connectivity index (χ3v) is 9.37. The van der Waals surface area contributed by atoms with Gasteiger partial charge in [0, 0.05) is 53.9 Å². The molecule has 6 nitrogen and oxygen atoms in total. The largest absolute Gasteiger partial charge is 0.340 e. The van der Waals surface area contributed by atoms with Crippen LogP contribution in [-0.4, -0.2) is 36.3 Å². The van der Waals surface area contributed by atoms with Crippen LogP contribution < -0.4 is 5.32 Å². The first-order valence-electron chi connectivity index (χ1n) is 12.4. The van der Waals surface area contributed by atoms with E-state index in [9.17, 15) is 13.2 Å². The van der Waals surface area contributed by atoms with Crippen molar-refractivity contribution in [2.45, 2.75) is 44.0 Å². The SMILES string of the molecule is CC(=O)Nc1ccc(S(=O)(=O)N2CCC(c3c(C)n(Cc4ccc(Cl)cc4)c4ccccc34)CC2)cc1. The number of halogens is 1. The van der Waals surface area contributed by atoms with Crippen LogP contribution in [-0.2, 0) is 21.4 Å². The van der Waals surface area contributed by atoms with E-state index in [1.807, 2.05) is 12.1 Å². The van der Waals surface area contributed by atoms with E-state index in [1.54, 1.807) is 28.6 Å². The van der Waals surface area contributed by atoms with Crippen molar-refractivity contribution in [3.63, 3.8) is 0 Å². The molecule has 192 valence electrons. The Bertz CT molecular complexity index is 1540. The molecule has 0 bridgehead atoms. The number of amides is 1. The van der Waals surface area contributed by atoms with E-state index in [2.05, 4.69) is 53.2 Å². The first-order valence-corrected chi connectivity index (χ1v) is 14.3. The molecule has 1 saturated heterocycles. The Morgan fingerprint density at radius 1 is 0.973 bits per heavy atom. The second kappa shape index (κ2) is 10.3. The first-order chi connectivity index (χ1) is 17.7. The maximum Gasteiger partial charge on any atom is 0.243 e. The molecule has 1 fully saturated rings. The third kappa shape index (κ3) is 5.17. The summed E-state index contributed by atoms with van der Waals surface area (Å²) in [7, 11) is -3.60. The Labute approximate surface area is 222 Å². The van der Waals surface area contributed by atoms with Crippen molar-refractivity contribution < 1.29 is 13.2 Å². The molecule has 3 aromatic carbocycles. The molecular formula is C29H30ClN3O3S. The van der Waals surface area contributed by atoms with E-state index >= 15 is 0 Å². The zero-order chi connectivity index (χ0) is 26.2. The Balaban J connectivity index is 1.37. The van der Waals surface area contributed by atoms with Crippen LogP contribution in [0.1, 0.15) is 42.5 Å². The van der Waals surface area contributed by atoms with Gasteiger partial charge in [0.2, 0.25) is 15.9 Å². The van der Waals surface area contributed by atoms with Gasteiger partial charge < -0.3 is 9.88 Å². The number of nitrogens with one attached hydrogen (secondary N) is 1. The lowest BCUT2D eigenvalue weighted by Gasteiger charge is -2.31. The number of fused-ring (bicyclic) bond motifs is 1. The fourth-order valence-corrected chi connectivity index (χ4v) is 6.99. The van der Waals surface area contributed by atoms with Gasteiger partial charge in [-0.05, 0) is 79.3 Å². The van der Waals surface area contributed by atoms with Crippen molar-refractivity contribution in [1.82, 2.24) is 8.87 Å². The Kier molecular flexibility index (Phi) is 7.12. The molecule has 4 aromatic rings. The highest BCUT2D eigenvalue weighted by Gasteiger charge is 2.32. The number of sulfonamides is 1. The summed E-state index contributed by atoms with van der Waals surface area (Å²) in [6.45, 7) is 5.29. The van der Waals surface area contributed by atoms with Gasteiger partial charge in [0.05, 0.1) is 4.90 Å². The van der Waals surface area contributed by atoms with Gasteiger partial charge in [-0.1, -0.05) is 41.9 Å². The van der Waals surface area contributed by atoms with Gasteiger partial charge in [0.25, 0.3) is 0 Å². The average Bonchev–Trinajstić information content (AvgIpc) is 3.16. The molecule has 1 N–H and O–H groups in total. The average molecular weight is 536 g/mol. The van der Waals surface area contributed by atoms with Crippen molar-refractivity contribution in [1.29, 1.82) is 0 Å². The summed E-state index contributed by atoms with van der Waals surface area (Å²) in [6, 6.07) is 22.8. The minimum Gasteiger partial charge on any atom is -0.340 e. The number of carbonyl (C=O) groups is 1. The topological polar surface area (TPSA) is 71.4 Å². The molecule has 1 amide bonds. The minimum absolute atomic E-state index is 0.192. The van der Waals surface area contributed by atoms with Crippen molar-refractivity contribution in [2.24, 2.45) is 0 Å². The number of nitrogens with zero attached hydrogens (tertiary/aromatic N) is 2. The fraction of sp³-hybridized carbons (Fsp3) is 0.276. The lowest BCUT2D eigenvalue weighted by Crippen LogP contribution is -2.38. The second-order valence-corrected chi connectivity index (χ2v) is 12.0. The van der Waals surface area contributed by atoms with Gasteiger partial charge >= 0.3 is 0 Å². The van der Waals surface area contributed by atoms with Crippen molar-refractivity contribution in [3.8, 4) is 0 Å². The number of aromatic nitrogens is 1. The number of rotatable bonds is 6. The molecule has 37 heavy (non-hydrogen) atoms. The third-order valence-electron chi connectivity index (χ3n) is 7.21. The summed E-state index contributed by atoms with van der Waals surface area (Å²) in [5, 5.41) is 4.64. The fourth-order valence-electron chi connectivity index (χ4n) is 5.40. The summed E-state index contributed by atoms with van der Waals surface area (Å²) >= 11 is 6.09. The molecule has 0 radical (unpaired) electrons.